The summed E-state index contributed by atoms with van der Waals surface area (Å²) in [6, 6.07) is 9.60. The Balaban J connectivity index is 1.04. The number of carboxylic acid groups (broad SMARTS) is 1. The van der Waals surface area contributed by atoms with Crippen LogP contribution in [0.15, 0.2) is 64.7 Å². The average molecular weight is 922 g/mol. The normalized spacial score (nSPS) is 39.8. The van der Waals surface area contributed by atoms with E-state index in [1.165, 1.54) is 17.6 Å². The molecule has 0 aromatic heterocycles. The minimum absolute atomic E-state index is 0.00165. The van der Waals surface area contributed by atoms with E-state index >= 15 is 0 Å². The Morgan fingerprint density at radius 1 is 1.03 bits per heavy atom. The summed E-state index contributed by atoms with van der Waals surface area (Å²) in [5.74, 6) is 5.89. The van der Waals surface area contributed by atoms with Gasteiger partial charge in [0.15, 0.2) is 9.84 Å². The molecule has 0 spiro atoms. The molecule has 360 valence electrons. The van der Waals surface area contributed by atoms with Crippen molar-refractivity contribution in [3.8, 4) is 12.3 Å². The summed E-state index contributed by atoms with van der Waals surface area (Å²) >= 11 is 0. The maximum Gasteiger partial charge on any atom is 0.313 e. The third-order valence-electron chi connectivity index (χ3n) is 20.1. The zero-order valence-electron chi connectivity index (χ0n) is 41.1. The van der Waals surface area contributed by atoms with Crippen LogP contribution in [0.2, 0.25) is 0 Å². The van der Waals surface area contributed by atoms with Gasteiger partial charge in [-0.2, -0.15) is 0 Å². The van der Waals surface area contributed by atoms with Crippen molar-refractivity contribution >= 4 is 33.6 Å². The predicted octanol–water partition coefficient (Wildman–Crippen LogP) is 9.19. The molecule has 5 fully saturated rings. The van der Waals surface area contributed by atoms with Crippen LogP contribution in [0.5, 0.6) is 0 Å². The highest BCUT2D eigenvalue weighted by Gasteiger charge is 2.76. The van der Waals surface area contributed by atoms with Crippen molar-refractivity contribution in [1.29, 1.82) is 5.41 Å². The number of hydrogen-bond acceptors (Lipinski definition) is 9. The third-order valence-corrected chi connectivity index (χ3v) is 21.7. The van der Waals surface area contributed by atoms with E-state index in [0.717, 1.165) is 70.0 Å². The van der Waals surface area contributed by atoms with Crippen molar-refractivity contribution in [3.05, 3.63) is 65.3 Å². The second kappa shape index (κ2) is 17.7. The van der Waals surface area contributed by atoms with E-state index in [2.05, 4.69) is 74.8 Å². The molecular formula is C55H79N5O5S. The van der Waals surface area contributed by atoms with Crippen molar-refractivity contribution in [1.82, 2.24) is 10.2 Å². The number of allylic oxidation sites excluding steroid dienone is 4. The second-order valence-electron chi connectivity index (χ2n) is 23.1. The number of carbonyl (C=O) groups is 1. The highest BCUT2D eigenvalue weighted by atomic mass is 32.2. The van der Waals surface area contributed by atoms with Gasteiger partial charge in [0.25, 0.3) is 0 Å². The summed E-state index contributed by atoms with van der Waals surface area (Å²) < 4.78 is 30.5. The number of rotatable bonds is 12. The van der Waals surface area contributed by atoms with Crippen molar-refractivity contribution in [2.45, 2.75) is 124 Å². The summed E-state index contributed by atoms with van der Waals surface area (Å²) in [5, 5.41) is 24.5. The molecule has 1 aromatic rings. The van der Waals surface area contributed by atoms with Crippen LogP contribution >= 0.6 is 0 Å². The lowest BCUT2D eigenvalue weighted by Crippen LogP contribution is -2.73. The van der Waals surface area contributed by atoms with E-state index in [0.29, 0.717) is 73.5 Å². The molecule has 1 aromatic carbocycles. The molecule has 11 heteroatoms. The zero-order chi connectivity index (χ0) is 47.6. The SMILES string of the molecule is C#C[C@@]12CC[C@@]3(NCCN4CCS(=O)(=O)CC4)CC[C@@H](C(C)C)C3[C@H]1CCC1(C=N)[C@@]3(C)CC=C(C4=CCC(COC(C=C(N)c5ccccc5)=NC)(C(=O)O)CC4)C(C)(C)C3CC[C@]12C. The molecule has 5 N–H and O–H groups in total. The Hall–Kier alpha value is -3.72. The first-order valence-corrected chi connectivity index (χ1v) is 27.0. The summed E-state index contributed by atoms with van der Waals surface area (Å²) in [4.78, 5) is 19.6. The average Bonchev–Trinajstić information content (AvgIpc) is 3.68. The van der Waals surface area contributed by atoms with Gasteiger partial charge in [-0.3, -0.25) is 9.79 Å². The topological polar surface area (TPSA) is 158 Å². The lowest BCUT2D eigenvalue weighted by molar-refractivity contribution is -0.232. The minimum atomic E-state index is -2.92. The van der Waals surface area contributed by atoms with Gasteiger partial charge in [0.05, 0.1) is 11.5 Å². The number of nitrogens with two attached hydrogens (primary N) is 1. The van der Waals surface area contributed by atoms with Gasteiger partial charge in [-0.1, -0.05) is 89.9 Å². The van der Waals surface area contributed by atoms with E-state index in [1.807, 2.05) is 36.5 Å². The fourth-order valence-electron chi connectivity index (χ4n) is 16.4. The zero-order valence-corrected chi connectivity index (χ0v) is 41.9. The largest absolute Gasteiger partial charge is 0.481 e. The quantitative estimate of drug-likeness (QED) is 0.0919. The molecule has 1 aliphatic heterocycles. The molecule has 6 aliphatic carbocycles. The summed E-state index contributed by atoms with van der Waals surface area (Å²) in [6.45, 7) is 17.6. The molecule has 0 amide bonds. The molecule has 8 rings (SSSR count). The van der Waals surface area contributed by atoms with Crippen LogP contribution in [0.25, 0.3) is 5.70 Å². The Bertz CT molecular complexity index is 2320. The maximum absolute atomic E-state index is 13.0. The lowest BCUT2D eigenvalue weighted by atomic mass is 9.27. The Morgan fingerprint density at radius 2 is 1.76 bits per heavy atom. The van der Waals surface area contributed by atoms with E-state index in [9.17, 15) is 23.7 Å². The van der Waals surface area contributed by atoms with Crippen molar-refractivity contribution < 1.29 is 23.1 Å². The molecule has 10 nitrogen and oxygen atoms in total. The molecule has 66 heavy (non-hydrogen) atoms. The van der Waals surface area contributed by atoms with Crippen LogP contribution in [0.3, 0.4) is 0 Å². The fourth-order valence-corrected chi connectivity index (χ4v) is 17.7. The molecule has 0 radical (unpaired) electrons. The number of fused-ring (bicyclic) bond motifs is 7. The van der Waals surface area contributed by atoms with Gasteiger partial charge in [-0.05, 0) is 140 Å². The highest BCUT2D eigenvalue weighted by molar-refractivity contribution is 7.91. The number of hydrogen-bond donors (Lipinski definition) is 4. The van der Waals surface area contributed by atoms with E-state index < -0.39 is 21.2 Å². The smallest absolute Gasteiger partial charge is 0.313 e. The monoisotopic (exact) mass is 922 g/mol. The van der Waals surface area contributed by atoms with Crippen molar-refractivity contribution in [2.75, 3.05) is 51.3 Å². The fraction of sp³-hybridized carbons (Fsp3) is 0.691. The molecular weight excluding hydrogens is 843 g/mol. The number of aliphatic imine (C=N–C) groups is 1. The second-order valence-corrected chi connectivity index (χ2v) is 25.4. The summed E-state index contributed by atoms with van der Waals surface area (Å²) in [5.41, 5.74) is 7.89. The molecule has 0 bridgehead atoms. The van der Waals surface area contributed by atoms with Crippen LogP contribution in [-0.2, 0) is 19.4 Å². The number of carboxylic acids is 1. The first-order chi connectivity index (χ1) is 31.2. The summed E-state index contributed by atoms with van der Waals surface area (Å²) in [6.07, 6.45) is 26.0. The van der Waals surface area contributed by atoms with E-state index in [4.69, 9.17) is 16.9 Å². The molecule has 1 saturated heterocycles. The lowest BCUT2D eigenvalue weighted by Gasteiger charge is -2.76. The van der Waals surface area contributed by atoms with Crippen LogP contribution < -0.4 is 11.1 Å². The maximum atomic E-state index is 13.0. The highest BCUT2D eigenvalue weighted by Crippen LogP contribution is 2.80. The van der Waals surface area contributed by atoms with Crippen LogP contribution in [0, 0.1) is 79.8 Å². The number of terminal acetylenes is 1. The Labute approximate surface area is 396 Å². The van der Waals surface area contributed by atoms with Gasteiger partial charge >= 0.3 is 5.97 Å². The predicted molar refractivity (Wildman–Crippen MR) is 267 cm³/mol. The number of ether oxygens (including phenoxy) is 1. The van der Waals surface area contributed by atoms with Gasteiger partial charge in [-0.25, -0.2) is 8.42 Å². The van der Waals surface area contributed by atoms with Crippen LogP contribution in [0.1, 0.15) is 124 Å². The van der Waals surface area contributed by atoms with Gasteiger partial charge in [-0.15, -0.1) is 6.42 Å². The number of aliphatic carboxylic acids is 1. The number of nitrogens with zero attached hydrogens (tertiary/aromatic N) is 2. The number of nitrogens with one attached hydrogen (secondary N) is 2. The van der Waals surface area contributed by atoms with Crippen LogP contribution in [-0.4, -0.2) is 93.4 Å². The van der Waals surface area contributed by atoms with E-state index in [-0.39, 0.29) is 50.7 Å². The van der Waals surface area contributed by atoms with Gasteiger partial charge < -0.3 is 31.2 Å². The number of sulfone groups is 1. The van der Waals surface area contributed by atoms with Gasteiger partial charge in [0.2, 0.25) is 5.90 Å². The molecule has 4 saturated carbocycles. The summed E-state index contributed by atoms with van der Waals surface area (Å²) in [7, 11) is -1.29. The Kier molecular flexibility index (Phi) is 13.0. The Morgan fingerprint density at radius 3 is 2.38 bits per heavy atom. The molecule has 10 atom stereocenters. The number of benzene rings is 1. The minimum Gasteiger partial charge on any atom is -0.481 e. The van der Waals surface area contributed by atoms with E-state index in [1.54, 1.807) is 13.1 Å². The molecule has 4 unspecified atom stereocenters. The van der Waals surface area contributed by atoms with Crippen molar-refractivity contribution in [3.63, 3.8) is 0 Å². The standard InChI is InChI=1S/C55H79N5O5S/c1-9-53-27-28-54(59-29-30-60-31-33-66(63,64)34-32-60)25-17-41(38(2)3)47(54)43(53)19-26-55(36-56)50(6)21-18-42(49(4,5)45(50)20-22-51(53,55)7)39-15-23-52(24-16-39,48(61)62)37-65-46(58-8)35-44(57)40-13-11-10-12-14-40/h1,10-15,18,35-36,38,41,43,45,47,56,59H,16-17,19-34,37,57H2,2-8H3,(H,61,62)/t41-,43+,45?,47?,50-,51-,52?,53+,54-,55?/m0/s1. The van der Waals surface area contributed by atoms with Crippen molar-refractivity contribution in [2.24, 2.45) is 72.8 Å². The van der Waals surface area contributed by atoms with Gasteiger partial charge in [0, 0.05) is 67.6 Å². The molecule has 7 aliphatic rings. The van der Waals surface area contributed by atoms with Crippen LogP contribution in [0.4, 0.5) is 0 Å². The molecule has 1 heterocycles. The van der Waals surface area contributed by atoms with Gasteiger partial charge in [0.1, 0.15) is 12.0 Å². The third kappa shape index (κ3) is 7.57. The first kappa shape index (κ1) is 48.7. The first-order valence-electron chi connectivity index (χ1n) is 25.2.